The molecule has 3 heterocycles. The molecule has 2 aliphatic rings. The maximum Gasteiger partial charge on any atom is 0.499 e. The molecule has 2 aliphatic heterocycles. The van der Waals surface area contributed by atoms with Crippen molar-refractivity contribution in [2.24, 2.45) is 4.99 Å². The Morgan fingerprint density at radius 3 is 2.45 bits per heavy atom. The van der Waals surface area contributed by atoms with E-state index in [0.717, 1.165) is 0 Å². The minimum atomic E-state index is -4.15. The van der Waals surface area contributed by atoms with Gasteiger partial charge in [0.05, 0.1) is 6.61 Å². The van der Waals surface area contributed by atoms with Crippen LogP contribution in [-0.2, 0) is 18.4 Å². The van der Waals surface area contributed by atoms with Crippen molar-refractivity contribution < 1.29 is 43.3 Å². The van der Waals surface area contributed by atoms with Gasteiger partial charge in [-0.3, -0.25) is 0 Å². The van der Waals surface area contributed by atoms with E-state index < -0.39 is 45.4 Å². The molecule has 33 heavy (non-hydrogen) atoms. The number of ether oxygens (including phenoxy) is 1. The first kappa shape index (κ1) is 26.1. The van der Waals surface area contributed by atoms with E-state index in [1.54, 1.807) is 13.8 Å². The molecule has 5 atom stereocenters. The van der Waals surface area contributed by atoms with Crippen LogP contribution in [0, 0.1) is 0 Å². The first-order valence-corrected chi connectivity index (χ1v) is 12.4. The van der Waals surface area contributed by atoms with Crippen LogP contribution in [0.2, 0.25) is 0 Å². The Balaban J connectivity index is 1.90. The van der Waals surface area contributed by atoms with Gasteiger partial charge in [-0.15, -0.1) is 4.65 Å². The first-order valence-electron chi connectivity index (χ1n) is 11.0. The summed E-state index contributed by atoms with van der Waals surface area (Å²) in [6.07, 6.45) is -2.58. The van der Waals surface area contributed by atoms with Crippen molar-refractivity contribution in [2.45, 2.75) is 65.3 Å². The predicted octanol–water partition coefficient (Wildman–Crippen LogP) is -0.462. The standard InChI is InChI=1S/C19H33N5O8P/c1-6-24(7-2,8-3)32-33(28,30-12(4)5)31-18-14-17(20-10-21-18)23(11-22-14)19-16(27)15(26)13(9-25)29-19/h10-13,15-16,19,25-27H,6-9H2,1-5H3/q+2/t13-,15-,16-,19-,33?/m1/s1. The number of aromatic nitrogens is 2. The van der Waals surface area contributed by atoms with E-state index in [4.69, 9.17) is 18.4 Å². The van der Waals surface area contributed by atoms with Crippen molar-refractivity contribution in [1.82, 2.24) is 14.5 Å². The molecule has 1 fully saturated rings. The Hall–Kier alpha value is -1.54. The van der Waals surface area contributed by atoms with Crippen molar-refractivity contribution in [3.63, 3.8) is 0 Å². The Morgan fingerprint density at radius 2 is 1.91 bits per heavy atom. The van der Waals surface area contributed by atoms with E-state index in [-0.39, 0.29) is 22.1 Å². The van der Waals surface area contributed by atoms with Crippen molar-refractivity contribution in [2.75, 3.05) is 26.2 Å². The van der Waals surface area contributed by atoms with Crippen molar-refractivity contribution in [3.8, 4) is 0 Å². The minimum Gasteiger partial charge on any atom is -0.594 e. The van der Waals surface area contributed by atoms with Gasteiger partial charge in [0, 0.05) is 4.62 Å². The van der Waals surface area contributed by atoms with Crippen LogP contribution in [0.3, 0.4) is 0 Å². The van der Waals surface area contributed by atoms with Gasteiger partial charge in [0.25, 0.3) is 6.34 Å². The number of hydroxylamine groups is 3. The first-order chi connectivity index (χ1) is 15.6. The summed E-state index contributed by atoms with van der Waals surface area (Å²) < 4.78 is 24.2. The van der Waals surface area contributed by atoms with E-state index in [9.17, 15) is 20.2 Å². The molecule has 0 amide bonds. The zero-order valence-electron chi connectivity index (χ0n) is 19.4. The van der Waals surface area contributed by atoms with Crippen LogP contribution >= 0.6 is 8.17 Å². The molecule has 1 aromatic rings. The van der Waals surface area contributed by atoms with Crippen LogP contribution in [0.15, 0.2) is 11.3 Å². The summed E-state index contributed by atoms with van der Waals surface area (Å²) in [5, 5.41) is 29.8. The molecule has 3 rings (SSSR count). The summed E-state index contributed by atoms with van der Waals surface area (Å²) in [5.74, 6) is 0.0732. The lowest BCUT2D eigenvalue weighted by Crippen LogP contribution is -2.49. The van der Waals surface area contributed by atoms with Gasteiger partial charge in [0.1, 0.15) is 44.1 Å². The van der Waals surface area contributed by atoms with Crippen LogP contribution in [0.4, 0.5) is 5.82 Å². The summed E-state index contributed by atoms with van der Waals surface area (Å²) in [4.78, 5) is 26.1. The molecular weight excluding hydrogens is 457 g/mol. The minimum absolute atomic E-state index is 0.0508. The SMILES string of the molecule is CC[N+](CC)(CC)O[P+]([O-])(OC1=NC=[N+]c2c1ncn2[C@@H]1O[C@H](CO)[C@@H](O)[C@H]1O)OC(C)C. The van der Waals surface area contributed by atoms with E-state index in [0.29, 0.717) is 19.6 Å². The average molecular weight is 490 g/mol. The lowest BCUT2D eigenvalue weighted by atomic mass is 10.1. The summed E-state index contributed by atoms with van der Waals surface area (Å²) in [5.41, 5.74) is 0.133. The van der Waals surface area contributed by atoms with Gasteiger partial charge in [0.2, 0.25) is 11.9 Å². The molecule has 14 heteroatoms. The van der Waals surface area contributed by atoms with E-state index in [1.165, 1.54) is 17.2 Å². The summed E-state index contributed by atoms with van der Waals surface area (Å²) in [6, 6.07) is 0. The van der Waals surface area contributed by atoms with Crippen LogP contribution in [0.1, 0.15) is 46.5 Å². The number of aliphatic imine (C=N–C) groups is 2. The van der Waals surface area contributed by atoms with Crippen LogP contribution in [0.5, 0.6) is 0 Å². The number of quaternary nitrogens is 1. The predicted molar refractivity (Wildman–Crippen MR) is 117 cm³/mol. The molecule has 1 aromatic heterocycles. The van der Waals surface area contributed by atoms with Gasteiger partial charge in [-0.2, -0.15) is 4.52 Å². The summed E-state index contributed by atoms with van der Waals surface area (Å²) in [7, 11) is -4.15. The normalized spacial score (nSPS) is 26.9. The van der Waals surface area contributed by atoms with Crippen LogP contribution < -0.4 is 9.89 Å². The lowest BCUT2D eigenvalue weighted by Gasteiger charge is -2.35. The molecule has 0 aliphatic carbocycles. The number of rotatable bonds is 10. The topological polar surface area (TPSA) is 165 Å². The molecule has 13 nitrogen and oxygen atoms in total. The summed E-state index contributed by atoms with van der Waals surface area (Å²) in [6.45, 7) is 10.3. The Labute approximate surface area is 193 Å². The van der Waals surface area contributed by atoms with Gasteiger partial charge in [-0.1, -0.05) is 9.98 Å². The third-order valence-corrected chi connectivity index (χ3v) is 7.28. The van der Waals surface area contributed by atoms with Gasteiger partial charge in [-0.25, -0.2) is 14.1 Å². The molecule has 0 bridgehead atoms. The quantitative estimate of drug-likeness (QED) is 0.223. The largest absolute Gasteiger partial charge is 0.594 e. The number of aliphatic hydroxyl groups is 3. The number of phosphoric acid groups is 1. The van der Waals surface area contributed by atoms with Crippen molar-refractivity contribution >= 4 is 26.2 Å². The molecule has 0 saturated carbocycles. The third kappa shape index (κ3) is 5.26. The third-order valence-electron chi connectivity index (χ3n) is 5.66. The van der Waals surface area contributed by atoms with E-state index in [2.05, 4.69) is 15.0 Å². The smallest absolute Gasteiger partial charge is 0.499 e. The second-order valence-corrected chi connectivity index (χ2v) is 9.46. The number of aliphatic hydroxyl groups excluding tert-OH is 3. The number of hydrogen-bond donors (Lipinski definition) is 3. The molecular formula is C19H33N5O8P+2. The van der Waals surface area contributed by atoms with E-state index in [1.807, 2.05) is 20.8 Å². The maximum absolute atomic E-state index is 13.7. The Morgan fingerprint density at radius 1 is 1.24 bits per heavy atom. The second kappa shape index (κ2) is 10.4. The van der Waals surface area contributed by atoms with Gasteiger partial charge in [0.15, 0.2) is 6.33 Å². The fourth-order valence-corrected chi connectivity index (χ4v) is 5.42. The molecule has 1 unspecified atom stereocenters. The highest BCUT2D eigenvalue weighted by Gasteiger charge is 2.52. The molecule has 1 radical (unpaired) electrons. The van der Waals surface area contributed by atoms with Gasteiger partial charge < -0.3 is 24.9 Å². The Kier molecular flexibility index (Phi) is 8.20. The highest BCUT2D eigenvalue weighted by Crippen LogP contribution is 2.57. The number of imidazole rings is 1. The zero-order chi connectivity index (χ0) is 24.4. The van der Waals surface area contributed by atoms with Crippen molar-refractivity contribution in [1.29, 1.82) is 0 Å². The van der Waals surface area contributed by atoms with Gasteiger partial charge in [-0.05, 0) is 34.6 Å². The lowest BCUT2D eigenvalue weighted by molar-refractivity contribution is -1.08. The maximum atomic E-state index is 13.7. The fourth-order valence-electron chi connectivity index (χ4n) is 3.67. The zero-order valence-corrected chi connectivity index (χ0v) is 20.3. The average Bonchev–Trinajstić information content (AvgIpc) is 3.33. The highest BCUT2D eigenvalue weighted by molar-refractivity contribution is 7.54. The molecule has 0 spiro atoms. The summed E-state index contributed by atoms with van der Waals surface area (Å²) >= 11 is 0. The number of fused-ring (bicyclic) bond motifs is 1. The van der Waals surface area contributed by atoms with Crippen LogP contribution in [-0.4, -0.2) is 92.4 Å². The molecule has 1 saturated heterocycles. The molecule has 3 N–H and O–H groups in total. The molecule has 0 aromatic carbocycles. The van der Waals surface area contributed by atoms with E-state index >= 15 is 0 Å². The van der Waals surface area contributed by atoms with Gasteiger partial charge >= 0.3 is 19.9 Å². The number of hydrogen-bond acceptors (Lipinski definition) is 11. The number of nitrogens with zero attached hydrogens (tertiary/aromatic N) is 5. The molecule has 185 valence electrons. The highest BCUT2D eigenvalue weighted by atomic mass is 31.2. The Bertz CT molecular complexity index is 868. The van der Waals surface area contributed by atoms with Crippen LogP contribution in [0.25, 0.3) is 0 Å². The fraction of sp³-hybridized carbons (Fsp3) is 0.737. The number of phosphoric ester groups is 1. The second-order valence-electron chi connectivity index (χ2n) is 8.01. The monoisotopic (exact) mass is 490 g/mol. The van der Waals surface area contributed by atoms with Crippen molar-refractivity contribution in [3.05, 3.63) is 12.0 Å².